The summed E-state index contributed by atoms with van der Waals surface area (Å²) in [5, 5.41) is 7.48. The third kappa shape index (κ3) is 3.16. The molecule has 2 aliphatic rings. The number of fused-ring (bicyclic) bond motifs is 1. The molecule has 4 rings (SSSR count). The van der Waals surface area contributed by atoms with Gasteiger partial charge in [0.25, 0.3) is 11.1 Å². The first-order valence-electron chi connectivity index (χ1n) is 8.93. The standard InChI is InChI=1S/C19H21N3O4/c23-16(9-12-10-17(24)21-22-18(12)25)20-14-11-19(7-3-4-8-19)26-15-6-2-1-5-13(14)15/h1-2,5-6,10,14H,3-4,7-9,11H2,(H,20,23)(H,21,24)(H,22,25)/t14-/m0/s1. The number of benzene rings is 1. The van der Waals surface area contributed by atoms with Gasteiger partial charge in [-0.3, -0.25) is 24.6 Å². The van der Waals surface area contributed by atoms with E-state index in [9.17, 15) is 14.4 Å². The van der Waals surface area contributed by atoms with Gasteiger partial charge in [0.2, 0.25) is 5.91 Å². The summed E-state index contributed by atoms with van der Waals surface area (Å²) in [5.41, 5.74) is 0.00157. The number of carbonyl (C=O) groups excluding carboxylic acids is 1. The Morgan fingerprint density at radius 2 is 1.96 bits per heavy atom. The first-order chi connectivity index (χ1) is 12.5. The average Bonchev–Trinajstić information content (AvgIpc) is 3.05. The van der Waals surface area contributed by atoms with Gasteiger partial charge in [0, 0.05) is 23.6 Å². The predicted octanol–water partition coefficient (Wildman–Crippen LogP) is 1.56. The summed E-state index contributed by atoms with van der Waals surface area (Å²) < 4.78 is 6.29. The van der Waals surface area contributed by atoms with E-state index in [0.29, 0.717) is 0 Å². The van der Waals surface area contributed by atoms with Crippen LogP contribution in [0.15, 0.2) is 39.9 Å². The summed E-state index contributed by atoms with van der Waals surface area (Å²) in [6, 6.07) is 8.76. The van der Waals surface area contributed by atoms with Crippen molar-refractivity contribution >= 4 is 5.91 Å². The molecule has 1 saturated carbocycles. The molecule has 2 heterocycles. The second-order valence-electron chi connectivity index (χ2n) is 7.14. The summed E-state index contributed by atoms with van der Waals surface area (Å²) in [7, 11) is 0. The second kappa shape index (κ2) is 6.48. The van der Waals surface area contributed by atoms with Gasteiger partial charge in [0.05, 0.1) is 12.5 Å². The lowest BCUT2D eigenvalue weighted by molar-refractivity contribution is -0.121. The van der Waals surface area contributed by atoms with Gasteiger partial charge in [-0.2, -0.15) is 0 Å². The molecule has 1 aliphatic carbocycles. The van der Waals surface area contributed by atoms with Crippen molar-refractivity contribution in [2.24, 2.45) is 0 Å². The minimum absolute atomic E-state index is 0.133. The maximum atomic E-state index is 12.5. The number of aromatic amines is 2. The molecule has 3 N–H and O–H groups in total. The van der Waals surface area contributed by atoms with Gasteiger partial charge in [-0.15, -0.1) is 0 Å². The number of carbonyl (C=O) groups is 1. The summed E-state index contributed by atoms with van der Waals surface area (Å²) in [4.78, 5) is 35.7. The Morgan fingerprint density at radius 3 is 2.77 bits per heavy atom. The lowest BCUT2D eigenvalue weighted by Gasteiger charge is -2.40. The number of hydrogen-bond donors (Lipinski definition) is 3. The first-order valence-corrected chi connectivity index (χ1v) is 8.93. The fourth-order valence-electron chi connectivity index (χ4n) is 4.08. The van der Waals surface area contributed by atoms with Crippen LogP contribution in [0.2, 0.25) is 0 Å². The van der Waals surface area contributed by atoms with Gasteiger partial charge in [-0.05, 0) is 31.7 Å². The lowest BCUT2D eigenvalue weighted by Crippen LogP contribution is -2.44. The molecule has 26 heavy (non-hydrogen) atoms. The van der Waals surface area contributed by atoms with E-state index in [2.05, 4.69) is 15.5 Å². The number of nitrogens with one attached hydrogen (secondary N) is 3. The fraction of sp³-hybridized carbons (Fsp3) is 0.421. The van der Waals surface area contributed by atoms with E-state index in [1.54, 1.807) is 0 Å². The van der Waals surface area contributed by atoms with Crippen molar-refractivity contribution in [3.05, 3.63) is 62.2 Å². The van der Waals surface area contributed by atoms with Crippen molar-refractivity contribution < 1.29 is 9.53 Å². The average molecular weight is 355 g/mol. The Hall–Kier alpha value is -2.83. The van der Waals surface area contributed by atoms with Crippen LogP contribution in [0.1, 0.15) is 49.3 Å². The van der Waals surface area contributed by atoms with Crippen molar-refractivity contribution in [3.8, 4) is 5.75 Å². The van der Waals surface area contributed by atoms with Crippen LogP contribution in [-0.2, 0) is 11.2 Å². The van der Waals surface area contributed by atoms with Crippen molar-refractivity contribution in [1.29, 1.82) is 0 Å². The molecular weight excluding hydrogens is 334 g/mol. The number of para-hydroxylation sites is 1. The van der Waals surface area contributed by atoms with Crippen LogP contribution in [0.5, 0.6) is 5.75 Å². The van der Waals surface area contributed by atoms with Crippen LogP contribution in [-0.4, -0.2) is 21.7 Å². The molecule has 0 saturated heterocycles. The summed E-state index contributed by atoms with van der Waals surface area (Å²) in [5.74, 6) is 0.538. The lowest BCUT2D eigenvalue weighted by atomic mass is 9.86. The molecule has 1 aromatic carbocycles. The van der Waals surface area contributed by atoms with E-state index in [0.717, 1.165) is 49.5 Å². The number of amides is 1. The maximum Gasteiger partial charge on any atom is 0.266 e. The van der Waals surface area contributed by atoms with Gasteiger partial charge < -0.3 is 10.1 Å². The molecule has 1 spiro atoms. The van der Waals surface area contributed by atoms with Crippen molar-refractivity contribution in [1.82, 2.24) is 15.5 Å². The van der Waals surface area contributed by atoms with E-state index in [1.165, 1.54) is 0 Å². The monoisotopic (exact) mass is 355 g/mol. The molecule has 0 unspecified atom stereocenters. The molecule has 1 fully saturated rings. The van der Waals surface area contributed by atoms with Gasteiger partial charge in [-0.25, -0.2) is 0 Å². The van der Waals surface area contributed by atoms with Crippen LogP contribution in [0, 0.1) is 0 Å². The van der Waals surface area contributed by atoms with Crippen LogP contribution < -0.4 is 21.2 Å². The van der Waals surface area contributed by atoms with E-state index in [1.807, 2.05) is 24.3 Å². The molecule has 1 atom stereocenters. The summed E-state index contributed by atoms with van der Waals surface area (Å²) in [6.07, 6.45) is 4.83. The minimum Gasteiger partial charge on any atom is -0.487 e. The van der Waals surface area contributed by atoms with E-state index in [4.69, 9.17) is 4.74 Å². The molecule has 7 nitrogen and oxygen atoms in total. The smallest absolute Gasteiger partial charge is 0.266 e. The largest absolute Gasteiger partial charge is 0.487 e. The highest BCUT2D eigenvalue weighted by Crippen LogP contribution is 2.46. The molecule has 7 heteroatoms. The Labute approximate surface area is 149 Å². The Balaban J connectivity index is 1.56. The Bertz CT molecular complexity index is 940. The van der Waals surface area contributed by atoms with E-state index < -0.39 is 11.1 Å². The third-order valence-electron chi connectivity index (χ3n) is 5.29. The molecule has 1 aromatic heterocycles. The van der Waals surface area contributed by atoms with Gasteiger partial charge >= 0.3 is 0 Å². The first kappa shape index (κ1) is 16.6. The molecule has 136 valence electrons. The molecule has 0 radical (unpaired) electrons. The fourth-order valence-corrected chi connectivity index (χ4v) is 4.08. The number of aromatic nitrogens is 2. The molecule has 1 aliphatic heterocycles. The molecule has 0 bridgehead atoms. The van der Waals surface area contributed by atoms with Crippen molar-refractivity contribution in [2.75, 3.05) is 0 Å². The van der Waals surface area contributed by atoms with Crippen LogP contribution in [0.25, 0.3) is 0 Å². The van der Waals surface area contributed by atoms with E-state index >= 15 is 0 Å². The maximum absolute atomic E-state index is 12.5. The third-order valence-corrected chi connectivity index (χ3v) is 5.29. The van der Waals surface area contributed by atoms with Gasteiger partial charge in [0.15, 0.2) is 0 Å². The molecular formula is C19H21N3O4. The highest BCUT2D eigenvalue weighted by Gasteiger charge is 2.43. The van der Waals surface area contributed by atoms with Crippen LogP contribution in [0.3, 0.4) is 0 Å². The van der Waals surface area contributed by atoms with Crippen LogP contribution in [0.4, 0.5) is 0 Å². The van der Waals surface area contributed by atoms with Crippen LogP contribution >= 0.6 is 0 Å². The normalized spacial score (nSPS) is 20.4. The van der Waals surface area contributed by atoms with Crippen molar-refractivity contribution in [2.45, 2.75) is 50.2 Å². The Kier molecular flexibility index (Phi) is 4.14. The summed E-state index contributed by atoms with van der Waals surface area (Å²) >= 11 is 0. The van der Waals surface area contributed by atoms with Crippen molar-refractivity contribution in [3.63, 3.8) is 0 Å². The zero-order valence-corrected chi connectivity index (χ0v) is 14.3. The number of hydrogen-bond acceptors (Lipinski definition) is 4. The number of ether oxygens (including phenoxy) is 1. The Morgan fingerprint density at radius 1 is 1.19 bits per heavy atom. The minimum atomic E-state index is -0.459. The van der Waals surface area contributed by atoms with E-state index in [-0.39, 0.29) is 29.5 Å². The zero-order chi connectivity index (χ0) is 18.1. The molecule has 1 amide bonds. The topological polar surface area (TPSA) is 104 Å². The second-order valence-corrected chi connectivity index (χ2v) is 7.14. The quantitative estimate of drug-likeness (QED) is 0.777. The number of rotatable bonds is 3. The summed E-state index contributed by atoms with van der Waals surface area (Å²) in [6.45, 7) is 0. The zero-order valence-electron chi connectivity index (χ0n) is 14.3. The SMILES string of the molecule is O=C(Cc1cc(=O)[nH][nH]c1=O)N[C@H]1CC2(CCCC2)Oc2ccccc21. The van der Waals surface area contributed by atoms with Gasteiger partial charge in [0.1, 0.15) is 11.4 Å². The van der Waals surface area contributed by atoms with Gasteiger partial charge in [-0.1, -0.05) is 18.2 Å². The highest BCUT2D eigenvalue weighted by atomic mass is 16.5. The highest BCUT2D eigenvalue weighted by molar-refractivity contribution is 5.79. The molecule has 2 aromatic rings. The number of H-pyrrole nitrogens is 2. The predicted molar refractivity (Wildman–Crippen MR) is 95.2 cm³/mol.